The highest BCUT2D eigenvalue weighted by molar-refractivity contribution is 5.94. The van der Waals surface area contributed by atoms with Crippen LogP contribution < -0.4 is 5.73 Å². The Kier molecular flexibility index (Phi) is 5.90. The first-order valence-corrected chi connectivity index (χ1v) is 11.4. The number of nitrogens with two attached hydrogens (primary N) is 1. The van der Waals surface area contributed by atoms with Gasteiger partial charge in [-0.15, -0.1) is 0 Å². The van der Waals surface area contributed by atoms with Crippen LogP contribution in [-0.4, -0.2) is 10.9 Å². The number of carbonyl (C=O) groups excluding carboxylic acids is 1. The van der Waals surface area contributed by atoms with Crippen molar-refractivity contribution >= 4 is 11.5 Å². The molecule has 1 heterocycles. The molecule has 3 aromatic carbocycles. The number of amides is 1. The molecule has 4 aromatic rings. The number of benzene rings is 3. The summed E-state index contributed by atoms with van der Waals surface area (Å²) in [6.45, 7) is 0. The molecule has 33 heavy (non-hydrogen) atoms. The summed E-state index contributed by atoms with van der Waals surface area (Å²) in [5, 5.41) is 0. The van der Waals surface area contributed by atoms with Gasteiger partial charge < -0.3 is 10.2 Å². The first-order valence-electron chi connectivity index (χ1n) is 11.4. The van der Waals surface area contributed by atoms with Crippen LogP contribution in [0.1, 0.15) is 41.1 Å². The predicted octanol–water partition coefficient (Wildman–Crippen LogP) is 6.53. The predicted molar refractivity (Wildman–Crippen MR) is 131 cm³/mol. The Morgan fingerprint density at radius 1 is 0.909 bits per heavy atom. The zero-order valence-corrected chi connectivity index (χ0v) is 18.4. The van der Waals surface area contributed by atoms with Gasteiger partial charge in [-0.3, -0.25) is 4.79 Å². The monoisotopic (exact) mass is 434 g/mol. The summed E-state index contributed by atoms with van der Waals surface area (Å²) in [4.78, 5) is 17.0. The van der Waals surface area contributed by atoms with E-state index in [-0.39, 0.29) is 11.8 Å². The van der Waals surface area contributed by atoms with Crippen molar-refractivity contribution < 1.29 is 9.21 Å². The maximum atomic E-state index is 12.0. The van der Waals surface area contributed by atoms with Gasteiger partial charge in [-0.25, -0.2) is 4.98 Å². The number of hydrogen-bond acceptors (Lipinski definition) is 3. The van der Waals surface area contributed by atoms with E-state index < -0.39 is 0 Å². The van der Waals surface area contributed by atoms with E-state index >= 15 is 0 Å². The van der Waals surface area contributed by atoms with Crippen LogP contribution in [0.2, 0.25) is 0 Å². The molecule has 0 bridgehead atoms. The Hall–Kier alpha value is -3.92. The minimum Gasteiger partial charge on any atom is -0.436 e. The molecule has 0 aliphatic heterocycles. The smallest absolute Gasteiger partial charge is 0.248 e. The summed E-state index contributed by atoms with van der Waals surface area (Å²) in [6, 6.07) is 27.9. The maximum absolute atomic E-state index is 12.0. The lowest BCUT2D eigenvalue weighted by molar-refractivity contribution is 0.0999. The third-order valence-electron chi connectivity index (χ3n) is 6.27. The van der Waals surface area contributed by atoms with Crippen molar-refractivity contribution in [1.29, 1.82) is 0 Å². The molecule has 0 saturated carbocycles. The molecule has 4 nitrogen and oxygen atoms in total. The van der Waals surface area contributed by atoms with Gasteiger partial charge in [0, 0.05) is 22.3 Å². The maximum Gasteiger partial charge on any atom is 0.248 e. The summed E-state index contributed by atoms with van der Waals surface area (Å²) in [5.41, 5.74) is 11.2. The second-order valence-electron chi connectivity index (χ2n) is 8.44. The molecule has 0 spiro atoms. The van der Waals surface area contributed by atoms with Crippen LogP contribution in [0, 0.1) is 5.92 Å². The molecular weight excluding hydrogens is 408 g/mol. The number of primary amides is 1. The van der Waals surface area contributed by atoms with Crippen LogP contribution in [0.3, 0.4) is 0 Å². The third kappa shape index (κ3) is 4.37. The van der Waals surface area contributed by atoms with Crippen molar-refractivity contribution in [1.82, 2.24) is 4.98 Å². The quantitative estimate of drug-likeness (QED) is 0.375. The van der Waals surface area contributed by atoms with Gasteiger partial charge in [0.1, 0.15) is 5.69 Å². The van der Waals surface area contributed by atoms with Gasteiger partial charge in [0.15, 0.2) is 5.76 Å². The van der Waals surface area contributed by atoms with E-state index in [0.717, 1.165) is 59.4 Å². The first kappa shape index (κ1) is 21.0. The van der Waals surface area contributed by atoms with Crippen LogP contribution in [0.4, 0.5) is 0 Å². The summed E-state index contributed by atoms with van der Waals surface area (Å²) >= 11 is 0. The molecule has 164 valence electrons. The van der Waals surface area contributed by atoms with Gasteiger partial charge >= 0.3 is 0 Å². The lowest BCUT2D eigenvalue weighted by atomic mass is 9.82. The topological polar surface area (TPSA) is 69.1 Å². The lowest BCUT2D eigenvalue weighted by Crippen LogP contribution is -2.17. The lowest BCUT2D eigenvalue weighted by Gasteiger charge is -2.23. The van der Waals surface area contributed by atoms with Gasteiger partial charge in [0.25, 0.3) is 0 Å². The highest BCUT2D eigenvalue weighted by atomic mass is 16.4. The van der Waals surface area contributed by atoms with Crippen molar-refractivity contribution in [2.24, 2.45) is 11.7 Å². The van der Waals surface area contributed by atoms with Crippen LogP contribution in [0.25, 0.3) is 28.2 Å². The number of carbonyl (C=O) groups is 1. The molecule has 0 unspecified atom stereocenters. The van der Waals surface area contributed by atoms with Gasteiger partial charge in [0.05, 0.1) is 0 Å². The van der Waals surface area contributed by atoms with Gasteiger partial charge in [-0.1, -0.05) is 84.9 Å². The van der Waals surface area contributed by atoms with Crippen LogP contribution in [0.5, 0.6) is 0 Å². The highest BCUT2D eigenvalue weighted by Crippen LogP contribution is 2.40. The largest absolute Gasteiger partial charge is 0.436 e. The fourth-order valence-corrected chi connectivity index (χ4v) is 4.64. The number of rotatable bonds is 6. The Bertz CT molecular complexity index is 1230. The summed E-state index contributed by atoms with van der Waals surface area (Å²) in [6.07, 6.45) is 6.09. The van der Waals surface area contributed by atoms with Gasteiger partial charge in [0.2, 0.25) is 11.8 Å². The molecule has 1 amide bonds. The molecule has 1 aliphatic carbocycles. The fraction of sp³-hybridized carbons (Fsp3) is 0.172. The van der Waals surface area contributed by atoms with Crippen LogP contribution in [0.15, 0.2) is 95.4 Å². The number of allylic oxidation sites excluding steroid dienone is 2. The molecule has 0 fully saturated rings. The van der Waals surface area contributed by atoms with Gasteiger partial charge in [-0.05, 0) is 43.2 Å². The summed E-state index contributed by atoms with van der Waals surface area (Å²) < 4.78 is 6.47. The average Bonchev–Trinajstić information content (AvgIpc) is 3.31. The minimum absolute atomic E-state index is 0.213. The summed E-state index contributed by atoms with van der Waals surface area (Å²) in [7, 11) is 0. The molecule has 1 atom stereocenters. The fourth-order valence-electron chi connectivity index (χ4n) is 4.64. The summed E-state index contributed by atoms with van der Waals surface area (Å²) in [5.74, 6) is 1.26. The molecule has 1 aliphatic rings. The van der Waals surface area contributed by atoms with Crippen LogP contribution in [-0.2, 0) is 6.42 Å². The van der Waals surface area contributed by atoms with Crippen molar-refractivity contribution in [3.63, 3.8) is 0 Å². The Morgan fingerprint density at radius 3 is 2.30 bits per heavy atom. The Labute approximate surface area is 193 Å². The number of hydrogen-bond donors (Lipinski definition) is 1. The number of aromatic nitrogens is 1. The average molecular weight is 435 g/mol. The van der Waals surface area contributed by atoms with E-state index in [1.807, 2.05) is 66.7 Å². The van der Waals surface area contributed by atoms with E-state index in [1.54, 1.807) is 6.07 Å². The standard InChI is InChI=1S/C29H26N2O2/c30-28(32)24-17-9-7-15-22(24)19-23-16-8-10-18-25(23)29-31-26(20-11-3-1-4-12-20)27(33-29)21-13-5-2-6-14-21/h1-7,9,11-15,17-18,23H,8,10,16,19H2,(H2,30,32)/t23-/m0/s1. The molecule has 0 saturated heterocycles. The highest BCUT2D eigenvalue weighted by Gasteiger charge is 2.27. The molecule has 0 radical (unpaired) electrons. The van der Waals surface area contributed by atoms with E-state index in [1.165, 1.54) is 0 Å². The second-order valence-corrected chi connectivity index (χ2v) is 8.44. The van der Waals surface area contributed by atoms with Gasteiger partial charge in [-0.2, -0.15) is 0 Å². The molecule has 5 rings (SSSR count). The molecular formula is C29H26N2O2. The van der Waals surface area contributed by atoms with E-state index in [2.05, 4.69) is 18.2 Å². The molecule has 1 aromatic heterocycles. The molecule has 4 heteroatoms. The van der Waals surface area contributed by atoms with Crippen molar-refractivity contribution in [3.05, 3.63) is 108 Å². The molecule has 2 N–H and O–H groups in total. The minimum atomic E-state index is -0.388. The van der Waals surface area contributed by atoms with Crippen molar-refractivity contribution in [2.45, 2.75) is 25.7 Å². The normalized spacial score (nSPS) is 15.8. The first-order chi connectivity index (χ1) is 16.2. The van der Waals surface area contributed by atoms with E-state index in [0.29, 0.717) is 11.5 Å². The second kappa shape index (κ2) is 9.29. The third-order valence-corrected chi connectivity index (χ3v) is 6.27. The zero-order chi connectivity index (χ0) is 22.6. The zero-order valence-electron chi connectivity index (χ0n) is 18.4. The number of nitrogens with zero attached hydrogens (tertiary/aromatic N) is 1. The SMILES string of the molecule is NC(=O)c1ccccc1C[C@@H]1CCCC=C1c1nc(-c2ccccc2)c(-c2ccccc2)o1. The van der Waals surface area contributed by atoms with Crippen molar-refractivity contribution in [2.75, 3.05) is 0 Å². The van der Waals surface area contributed by atoms with Crippen molar-refractivity contribution in [3.8, 4) is 22.6 Å². The number of oxazole rings is 1. The van der Waals surface area contributed by atoms with E-state index in [4.69, 9.17) is 15.1 Å². The van der Waals surface area contributed by atoms with Crippen LogP contribution >= 0.6 is 0 Å². The Morgan fingerprint density at radius 2 is 1.58 bits per heavy atom. The Balaban J connectivity index is 1.56. The van der Waals surface area contributed by atoms with E-state index in [9.17, 15) is 4.79 Å².